The molecule has 0 unspecified atom stereocenters. The number of aromatic nitrogens is 2. The van der Waals surface area contributed by atoms with Crippen LogP contribution in [0.1, 0.15) is 40.0 Å². The van der Waals surface area contributed by atoms with Gasteiger partial charge in [0.1, 0.15) is 22.9 Å². The van der Waals surface area contributed by atoms with Crippen LogP contribution in [0.3, 0.4) is 0 Å². The number of amides is 2. The highest BCUT2D eigenvalue weighted by Crippen LogP contribution is 2.38. The summed E-state index contributed by atoms with van der Waals surface area (Å²) in [5.41, 5.74) is -1.13. The van der Waals surface area contributed by atoms with Crippen LogP contribution in [0.15, 0.2) is 55.0 Å². The van der Waals surface area contributed by atoms with Crippen molar-refractivity contribution in [2.45, 2.75) is 38.0 Å². The summed E-state index contributed by atoms with van der Waals surface area (Å²) < 4.78 is 59.1. The molecule has 7 nitrogen and oxygen atoms in total. The minimum Gasteiger partial charge on any atom is -0.455 e. The average molecular weight is 488 g/mol. The van der Waals surface area contributed by atoms with Crippen molar-refractivity contribution in [1.29, 1.82) is 0 Å². The largest absolute Gasteiger partial charge is 0.455 e. The van der Waals surface area contributed by atoms with E-state index >= 15 is 0 Å². The average Bonchev–Trinajstić information content (AvgIpc) is 3.58. The van der Waals surface area contributed by atoms with Crippen molar-refractivity contribution >= 4 is 11.8 Å². The van der Waals surface area contributed by atoms with Crippen LogP contribution >= 0.6 is 0 Å². The Morgan fingerprint density at radius 3 is 2.51 bits per heavy atom. The number of carbonyl (C=O) groups excluding carboxylic acids is 2. The molecule has 2 heterocycles. The lowest BCUT2D eigenvalue weighted by molar-refractivity contribution is -0.138. The zero-order chi connectivity index (χ0) is 25.2. The van der Waals surface area contributed by atoms with E-state index in [0.29, 0.717) is 18.4 Å². The van der Waals surface area contributed by atoms with Crippen LogP contribution < -0.4 is 15.4 Å². The predicted molar refractivity (Wildman–Crippen MR) is 116 cm³/mol. The Hall–Kier alpha value is -4.02. The molecule has 1 saturated carbocycles. The Morgan fingerprint density at radius 1 is 1.11 bits per heavy atom. The van der Waals surface area contributed by atoms with E-state index in [2.05, 4.69) is 20.6 Å². The molecule has 11 heteroatoms. The first-order chi connectivity index (χ1) is 16.6. The van der Waals surface area contributed by atoms with Crippen LogP contribution in [0.4, 0.5) is 17.6 Å². The van der Waals surface area contributed by atoms with Crippen molar-refractivity contribution in [3.05, 3.63) is 83.2 Å². The number of ether oxygens (including phenoxy) is 1. The lowest BCUT2D eigenvalue weighted by Gasteiger charge is -2.17. The second-order valence-electron chi connectivity index (χ2n) is 8.17. The van der Waals surface area contributed by atoms with Crippen LogP contribution in [0.2, 0.25) is 0 Å². The smallest absolute Gasteiger partial charge is 0.419 e. The highest BCUT2D eigenvalue weighted by Gasteiger charge is 2.51. The molecular weight excluding hydrogens is 468 g/mol. The number of hydrogen-bond donors (Lipinski definition) is 2. The SMILES string of the molecule is Cc1cncc(C(=O)NC2(C(=O)NCc3ncc(Oc4ccccc4C(F)(F)F)cc3F)CC2)c1. The molecule has 0 saturated heterocycles. The molecule has 0 radical (unpaired) electrons. The molecule has 0 atom stereocenters. The van der Waals surface area contributed by atoms with Gasteiger partial charge in [0.15, 0.2) is 0 Å². The summed E-state index contributed by atoms with van der Waals surface area (Å²) in [7, 11) is 0. The van der Waals surface area contributed by atoms with Crippen LogP contribution in [0.25, 0.3) is 0 Å². The summed E-state index contributed by atoms with van der Waals surface area (Å²) >= 11 is 0. The number of aryl methyl sites for hydroxylation is 1. The normalized spacial score (nSPS) is 14.2. The van der Waals surface area contributed by atoms with Crippen molar-refractivity contribution in [3.63, 3.8) is 0 Å². The van der Waals surface area contributed by atoms with E-state index in [-0.39, 0.29) is 18.0 Å². The van der Waals surface area contributed by atoms with Gasteiger partial charge in [0.2, 0.25) is 5.91 Å². The van der Waals surface area contributed by atoms with E-state index < -0.39 is 40.7 Å². The number of hydrogen-bond acceptors (Lipinski definition) is 5. The van der Waals surface area contributed by atoms with Crippen molar-refractivity contribution in [3.8, 4) is 11.5 Å². The van der Waals surface area contributed by atoms with Gasteiger partial charge in [-0.3, -0.25) is 19.6 Å². The summed E-state index contributed by atoms with van der Waals surface area (Å²) in [6.45, 7) is 1.50. The van der Waals surface area contributed by atoms with Gasteiger partial charge in [-0.15, -0.1) is 0 Å². The number of nitrogens with one attached hydrogen (secondary N) is 2. The third-order valence-electron chi connectivity index (χ3n) is 5.40. The van der Waals surface area contributed by atoms with E-state index in [1.807, 2.05) is 0 Å². The van der Waals surface area contributed by atoms with Crippen LogP contribution in [0.5, 0.6) is 11.5 Å². The number of nitrogens with zero attached hydrogens (tertiary/aromatic N) is 2. The molecule has 2 N–H and O–H groups in total. The van der Waals surface area contributed by atoms with Gasteiger partial charge in [-0.05, 0) is 43.5 Å². The van der Waals surface area contributed by atoms with Crippen molar-refractivity contribution in [2.24, 2.45) is 0 Å². The van der Waals surface area contributed by atoms with Gasteiger partial charge >= 0.3 is 6.18 Å². The fourth-order valence-corrected chi connectivity index (χ4v) is 3.39. The quantitative estimate of drug-likeness (QED) is 0.484. The molecule has 1 fully saturated rings. The summed E-state index contributed by atoms with van der Waals surface area (Å²) in [5.74, 6) is -2.53. The van der Waals surface area contributed by atoms with E-state index in [9.17, 15) is 27.2 Å². The lowest BCUT2D eigenvalue weighted by Crippen LogP contribution is -2.48. The van der Waals surface area contributed by atoms with E-state index in [1.165, 1.54) is 18.3 Å². The van der Waals surface area contributed by atoms with Crippen molar-refractivity contribution in [2.75, 3.05) is 0 Å². The second kappa shape index (κ2) is 9.32. The van der Waals surface area contributed by atoms with Gasteiger partial charge in [0, 0.05) is 18.5 Å². The Morgan fingerprint density at radius 2 is 1.86 bits per heavy atom. The third kappa shape index (κ3) is 5.56. The molecule has 35 heavy (non-hydrogen) atoms. The van der Waals surface area contributed by atoms with Crippen LogP contribution in [0, 0.1) is 12.7 Å². The maximum Gasteiger partial charge on any atom is 0.419 e. The first-order valence-corrected chi connectivity index (χ1v) is 10.6. The third-order valence-corrected chi connectivity index (χ3v) is 5.40. The van der Waals surface area contributed by atoms with Gasteiger partial charge in [0.05, 0.1) is 29.6 Å². The summed E-state index contributed by atoms with van der Waals surface area (Å²) in [4.78, 5) is 33.0. The Labute approximate surface area is 197 Å². The van der Waals surface area contributed by atoms with E-state index in [0.717, 1.165) is 30.0 Å². The molecule has 2 aromatic heterocycles. The molecule has 1 aliphatic carbocycles. The highest BCUT2D eigenvalue weighted by molar-refractivity contribution is 6.00. The summed E-state index contributed by atoms with van der Waals surface area (Å²) in [5, 5.41) is 5.25. The van der Waals surface area contributed by atoms with Crippen LogP contribution in [-0.2, 0) is 17.5 Å². The number of benzene rings is 1. The molecule has 4 rings (SSSR count). The Kier molecular flexibility index (Phi) is 6.42. The molecule has 3 aromatic rings. The highest BCUT2D eigenvalue weighted by atomic mass is 19.4. The molecule has 1 aromatic carbocycles. The van der Waals surface area contributed by atoms with Gasteiger partial charge in [0.25, 0.3) is 5.91 Å². The zero-order valence-electron chi connectivity index (χ0n) is 18.4. The number of halogens is 4. The molecule has 2 amide bonds. The Balaban J connectivity index is 1.38. The molecule has 0 aliphatic heterocycles. The summed E-state index contributed by atoms with van der Waals surface area (Å²) in [6, 6.07) is 7.08. The first kappa shape index (κ1) is 24.1. The number of pyridine rings is 2. The molecule has 0 spiro atoms. The standard InChI is InChI=1S/C24H20F4N4O3/c1-14-8-15(11-29-10-14)21(33)32-23(6-7-23)22(34)31-13-19-18(25)9-16(12-30-19)35-20-5-3-2-4-17(20)24(26,27)28/h2-5,8-12H,6-7,13H2,1H3,(H,31,34)(H,32,33). The molecule has 1 aliphatic rings. The van der Waals surface area contributed by atoms with Gasteiger partial charge in [-0.2, -0.15) is 13.2 Å². The van der Waals surface area contributed by atoms with Crippen molar-refractivity contribution < 1.29 is 31.9 Å². The second-order valence-corrected chi connectivity index (χ2v) is 8.17. The number of alkyl halides is 3. The van der Waals surface area contributed by atoms with Crippen LogP contribution in [-0.4, -0.2) is 27.3 Å². The molecule has 182 valence electrons. The van der Waals surface area contributed by atoms with E-state index in [4.69, 9.17) is 4.74 Å². The number of carbonyl (C=O) groups is 2. The number of rotatable bonds is 7. The predicted octanol–water partition coefficient (Wildman–Crippen LogP) is 4.31. The van der Waals surface area contributed by atoms with Gasteiger partial charge in [-0.1, -0.05) is 12.1 Å². The minimum absolute atomic E-state index is 0.139. The zero-order valence-corrected chi connectivity index (χ0v) is 18.4. The fourth-order valence-electron chi connectivity index (χ4n) is 3.39. The Bertz CT molecular complexity index is 1280. The molecule has 0 bridgehead atoms. The minimum atomic E-state index is -4.64. The van der Waals surface area contributed by atoms with E-state index in [1.54, 1.807) is 19.2 Å². The summed E-state index contributed by atoms with van der Waals surface area (Å²) in [6.07, 6.45) is 0.264. The van der Waals surface area contributed by atoms with Crippen molar-refractivity contribution in [1.82, 2.24) is 20.6 Å². The maximum atomic E-state index is 14.5. The fraction of sp³-hybridized carbons (Fsp3) is 0.250. The monoisotopic (exact) mass is 488 g/mol. The maximum absolute atomic E-state index is 14.5. The van der Waals surface area contributed by atoms with Gasteiger partial charge < -0.3 is 15.4 Å². The first-order valence-electron chi connectivity index (χ1n) is 10.6. The van der Waals surface area contributed by atoms with Gasteiger partial charge in [-0.25, -0.2) is 4.39 Å². The number of para-hydroxylation sites is 1. The topological polar surface area (TPSA) is 93.2 Å². The lowest BCUT2D eigenvalue weighted by atomic mass is 10.1. The molecular formula is C24H20F4N4O3.